The minimum absolute atomic E-state index is 0.0475. The van der Waals surface area contributed by atoms with Crippen LogP contribution in [0.1, 0.15) is 6.23 Å². The molecule has 0 amide bonds. The lowest BCUT2D eigenvalue weighted by molar-refractivity contribution is -0.0371. The molecule has 0 spiro atoms. The number of aromatic nitrogens is 2. The number of anilines is 1. The Morgan fingerprint density at radius 3 is 2.27 bits per heavy atom. The number of nitrogens with two attached hydrogens (primary N) is 2. The van der Waals surface area contributed by atoms with Gasteiger partial charge in [0.2, 0.25) is 0 Å². The average molecular weight is 340 g/mol. The molecule has 12 nitrogen and oxygen atoms in total. The van der Waals surface area contributed by atoms with Crippen molar-refractivity contribution in [1.29, 1.82) is 0 Å². The van der Waals surface area contributed by atoms with Crippen LogP contribution < -0.4 is 17.2 Å². The van der Waals surface area contributed by atoms with Gasteiger partial charge in [0.1, 0.15) is 24.1 Å². The Kier molecular flexibility index (Phi) is 6.17. The predicted molar refractivity (Wildman–Crippen MR) is 72.2 cm³/mol. The fourth-order valence-corrected chi connectivity index (χ4v) is 1.77. The second kappa shape index (κ2) is 7.26. The quantitative estimate of drug-likeness (QED) is 0.262. The molecule has 1 fully saturated rings. The maximum absolute atomic E-state index is 11.5. The molecule has 2 rings (SSSR count). The van der Waals surface area contributed by atoms with Gasteiger partial charge in [0.25, 0.3) is 0 Å². The summed E-state index contributed by atoms with van der Waals surface area (Å²) in [6, 6.07) is 1.40. The van der Waals surface area contributed by atoms with Gasteiger partial charge in [-0.15, -0.1) is 0 Å². The van der Waals surface area contributed by atoms with Crippen LogP contribution in [0.2, 0.25) is 0 Å². The molecule has 13 heteroatoms. The maximum Gasteiger partial charge on any atom is 0.466 e. The van der Waals surface area contributed by atoms with Crippen molar-refractivity contribution in [2.45, 2.75) is 24.5 Å². The molecule has 0 unspecified atom stereocenters. The molecular formula is C9H17N4O8P. The van der Waals surface area contributed by atoms with Gasteiger partial charge in [0.15, 0.2) is 6.23 Å². The van der Waals surface area contributed by atoms with Gasteiger partial charge in [-0.25, -0.2) is 9.36 Å². The molecule has 22 heavy (non-hydrogen) atoms. The number of aliphatic hydroxyl groups excluding tert-OH is 2. The lowest BCUT2D eigenvalue weighted by atomic mass is 10.1. The van der Waals surface area contributed by atoms with E-state index in [9.17, 15) is 15.0 Å². The van der Waals surface area contributed by atoms with E-state index < -0.39 is 38.1 Å². The standard InChI is InChI=1S/C9H14N4O4.H3O4P/c10-3-4-6(14)7(15)8(17-4)13-2-1-5(11)12-9(13)16;1-5(2,3)4/h1-2,4,6-8,14-15H,3,10H2,(H2,11,12,16);(H3,1,2,3,4)/t4-,6-,7-,8-;/m1./s1. The van der Waals surface area contributed by atoms with Crippen molar-refractivity contribution >= 4 is 13.6 Å². The highest BCUT2D eigenvalue weighted by Gasteiger charge is 2.43. The van der Waals surface area contributed by atoms with E-state index in [1.165, 1.54) is 12.3 Å². The largest absolute Gasteiger partial charge is 0.466 e. The topological polar surface area (TPSA) is 214 Å². The van der Waals surface area contributed by atoms with Crippen LogP contribution in [0.5, 0.6) is 0 Å². The summed E-state index contributed by atoms with van der Waals surface area (Å²) in [5, 5.41) is 19.4. The minimum Gasteiger partial charge on any atom is -0.387 e. The Morgan fingerprint density at radius 2 is 1.86 bits per heavy atom. The fourth-order valence-electron chi connectivity index (χ4n) is 1.77. The fraction of sp³-hybridized carbons (Fsp3) is 0.556. The van der Waals surface area contributed by atoms with Gasteiger partial charge in [-0.1, -0.05) is 0 Å². The van der Waals surface area contributed by atoms with E-state index in [2.05, 4.69) is 4.98 Å². The van der Waals surface area contributed by atoms with Crippen LogP contribution in [0.15, 0.2) is 17.1 Å². The van der Waals surface area contributed by atoms with E-state index in [0.717, 1.165) is 4.57 Å². The molecule has 1 saturated heterocycles. The van der Waals surface area contributed by atoms with E-state index in [1.54, 1.807) is 0 Å². The summed E-state index contributed by atoms with van der Waals surface area (Å²) < 4.78 is 15.3. The molecule has 126 valence electrons. The SMILES string of the molecule is NC[C@H]1O[C@@H](n2ccc(N)nc2=O)[C@H](O)[C@@H]1O.O=P(O)(O)O. The summed E-state index contributed by atoms with van der Waals surface area (Å²) >= 11 is 0. The number of phosphoric acid groups is 1. The first-order chi connectivity index (χ1) is 10.0. The van der Waals surface area contributed by atoms with Gasteiger partial charge in [-0.2, -0.15) is 4.98 Å². The summed E-state index contributed by atoms with van der Waals surface area (Å²) in [4.78, 5) is 36.6. The Morgan fingerprint density at radius 1 is 1.32 bits per heavy atom. The number of nitrogens with zero attached hydrogens (tertiary/aromatic N) is 2. The van der Waals surface area contributed by atoms with Crippen molar-refractivity contribution < 1.29 is 34.2 Å². The second-order valence-electron chi connectivity index (χ2n) is 4.34. The molecule has 1 aromatic heterocycles. The van der Waals surface area contributed by atoms with Gasteiger partial charge in [-0.3, -0.25) is 4.57 Å². The molecule has 4 atom stereocenters. The summed E-state index contributed by atoms with van der Waals surface area (Å²) in [6.07, 6.45) is -2.72. The number of aliphatic hydroxyl groups is 2. The molecule has 0 radical (unpaired) electrons. The predicted octanol–water partition coefficient (Wildman–Crippen LogP) is -3.53. The second-order valence-corrected chi connectivity index (χ2v) is 5.36. The zero-order valence-electron chi connectivity index (χ0n) is 11.1. The van der Waals surface area contributed by atoms with Gasteiger partial charge < -0.3 is 41.1 Å². The van der Waals surface area contributed by atoms with Crippen molar-refractivity contribution in [2.75, 3.05) is 12.3 Å². The van der Waals surface area contributed by atoms with E-state index in [1.807, 2.05) is 0 Å². The van der Waals surface area contributed by atoms with E-state index in [4.69, 9.17) is 35.4 Å². The van der Waals surface area contributed by atoms with Crippen molar-refractivity contribution in [3.05, 3.63) is 22.7 Å². The van der Waals surface area contributed by atoms with Crippen LogP contribution >= 0.6 is 7.82 Å². The average Bonchev–Trinajstić information content (AvgIpc) is 2.64. The smallest absolute Gasteiger partial charge is 0.387 e. The number of hydrogen-bond acceptors (Lipinski definition) is 8. The summed E-state index contributed by atoms with van der Waals surface area (Å²) in [6.45, 7) is 0.0475. The third-order valence-corrected chi connectivity index (χ3v) is 2.70. The minimum atomic E-state index is -4.64. The van der Waals surface area contributed by atoms with Crippen molar-refractivity contribution in [3.8, 4) is 0 Å². The molecular weight excluding hydrogens is 323 g/mol. The van der Waals surface area contributed by atoms with Crippen molar-refractivity contribution in [3.63, 3.8) is 0 Å². The van der Waals surface area contributed by atoms with Crippen LogP contribution in [0.3, 0.4) is 0 Å². The summed E-state index contributed by atoms with van der Waals surface area (Å²) in [5.74, 6) is 0.0784. The number of ether oxygens (including phenoxy) is 1. The van der Waals surface area contributed by atoms with Crippen LogP contribution in [-0.4, -0.2) is 59.3 Å². The highest BCUT2D eigenvalue weighted by Crippen LogP contribution is 2.27. The Hall–Kier alpha value is -1.37. The van der Waals surface area contributed by atoms with Gasteiger partial charge >= 0.3 is 13.5 Å². The Bertz CT molecular complexity index is 595. The molecule has 0 saturated carbocycles. The normalized spacial score (nSPS) is 28.1. The molecule has 1 aromatic rings. The van der Waals surface area contributed by atoms with Crippen molar-refractivity contribution in [2.24, 2.45) is 5.73 Å². The molecule has 0 aromatic carbocycles. The third kappa shape index (κ3) is 5.12. The van der Waals surface area contributed by atoms with Crippen molar-refractivity contribution in [1.82, 2.24) is 9.55 Å². The third-order valence-electron chi connectivity index (χ3n) is 2.70. The molecule has 1 aliphatic heterocycles. The molecule has 2 heterocycles. The Balaban J connectivity index is 0.000000422. The van der Waals surface area contributed by atoms with Gasteiger partial charge in [0, 0.05) is 12.7 Å². The Labute approximate surface area is 123 Å². The highest BCUT2D eigenvalue weighted by molar-refractivity contribution is 7.45. The zero-order chi connectivity index (χ0) is 17.1. The lowest BCUT2D eigenvalue weighted by Gasteiger charge is -2.16. The number of rotatable bonds is 2. The van der Waals surface area contributed by atoms with E-state index in [0.29, 0.717) is 0 Å². The molecule has 9 N–H and O–H groups in total. The number of hydrogen-bond donors (Lipinski definition) is 7. The van der Waals surface area contributed by atoms with Crippen LogP contribution in [0.25, 0.3) is 0 Å². The molecule has 0 aliphatic carbocycles. The van der Waals surface area contributed by atoms with Gasteiger partial charge in [-0.05, 0) is 6.07 Å². The summed E-state index contributed by atoms with van der Waals surface area (Å²) in [5.41, 5.74) is 10.1. The number of nitrogen functional groups attached to an aromatic ring is 1. The first kappa shape index (κ1) is 18.7. The first-order valence-electron chi connectivity index (χ1n) is 5.89. The molecule has 1 aliphatic rings. The monoisotopic (exact) mass is 340 g/mol. The first-order valence-corrected chi connectivity index (χ1v) is 7.45. The highest BCUT2D eigenvalue weighted by atomic mass is 31.2. The van der Waals surface area contributed by atoms with E-state index in [-0.39, 0.29) is 12.4 Å². The van der Waals surface area contributed by atoms with Crippen LogP contribution in [0.4, 0.5) is 5.82 Å². The van der Waals surface area contributed by atoms with Gasteiger partial charge in [0.05, 0.1) is 0 Å². The molecule has 0 bridgehead atoms. The lowest BCUT2D eigenvalue weighted by Crippen LogP contribution is -2.36. The maximum atomic E-state index is 11.5. The van der Waals surface area contributed by atoms with Crippen LogP contribution in [0, 0.1) is 0 Å². The summed E-state index contributed by atoms with van der Waals surface area (Å²) in [7, 11) is -4.64. The zero-order valence-corrected chi connectivity index (χ0v) is 12.0. The van der Waals surface area contributed by atoms with E-state index >= 15 is 0 Å². The van der Waals surface area contributed by atoms with Crippen LogP contribution in [-0.2, 0) is 9.30 Å².